The van der Waals surface area contributed by atoms with Crippen LogP contribution in [-0.4, -0.2) is 17.0 Å². The lowest BCUT2D eigenvalue weighted by atomic mass is 10.0. The predicted molar refractivity (Wildman–Crippen MR) is 82.1 cm³/mol. The molecule has 1 aromatic carbocycles. The number of aryl methyl sites for hydroxylation is 1. The molecular formula is C14H12ClN3S. The number of halogens is 1. The van der Waals surface area contributed by atoms with E-state index in [2.05, 4.69) is 51.9 Å². The molecule has 0 saturated heterocycles. The van der Waals surface area contributed by atoms with Gasteiger partial charge in [-0.05, 0) is 24.1 Å². The van der Waals surface area contributed by atoms with E-state index in [9.17, 15) is 0 Å². The smallest absolute Gasteiger partial charge is 0.225 e. The van der Waals surface area contributed by atoms with E-state index in [0.29, 0.717) is 0 Å². The standard InChI is InChI=1S/C14H12ClN3S/c1-8-3-5-9(6-4-8)10-7-19-13-11(10)12(16-2)17-14(15)18-13/h3-7H,1-2H3,(H,16,17,18). The maximum atomic E-state index is 5.92. The van der Waals surface area contributed by atoms with Gasteiger partial charge in [-0.1, -0.05) is 29.8 Å². The first-order chi connectivity index (χ1) is 9.19. The Balaban J connectivity index is 2.27. The van der Waals surface area contributed by atoms with Gasteiger partial charge in [0.1, 0.15) is 10.6 Å². The van der Waals surface area contributed by atoms with E-state index in [1.165, 1.54) is 11.1 Å². The van der Waals surface area contributed by atoms with Gasteiger partial charge in [-0.25, -0.2) is 9.97 Å². The number of hydrogen-bond acceptors (Lipinski definition) is 4. The van der Waals surface area contributed by atoms with Gasteiger partial charge in [0.25, 0.3) is 0 Å². The van der Waals surface area contributed by atoms with Gasteiger partial charge < -0.3 is 5.32 Å². The third-order valence-electron chi connectivity index (χ3n) is 3.01. The van der Waals surface area contributed by atoms with Crippen LogP contribution in [0.5, 0.6) is 0 Å². The summed E-state index contributed by atoms with van der Waals surface area (Å²) in [5.74, 6) is 0.770. The van der Waals surface area contributed by atoms with Crippen molar-refractivity contribution in [2.45, 2.75) is 6.92 Å². The molecule has 3 aromatic rings. The Kier molecular flexibility index (Phi) is 3.12. The average molecular weight is 290 g/mol. The van der Waals surface area contributed by atoms with Gasteiger partial charge in [0.05, 0.1) is 5.39 Å². The molecule has 3 rings (SSSR count). The van der Waals surface area contributed by atoms with Crippen LogP contribution >= 0.6 is 22.9 Å². The quantitative estimate of drug-likeness (QED) is 0.712. The van der Waals surface area contributed by atoms with Gasteiger partial charge in [-0.2, -0.15) is 0 Å². The second-order valence-electron chi connectivity index (χ2n) is 4.29. The van der Waals surface area contributed by atoms with Gasteiger partial charge in [-0.3, -0.25) is 0 Å². The van der Waals surface area contributed by atoms with Crippen molar-refractivity contribution < 1.29 is 0 Å². The van der Waals surface area contributed by atoms with E-state index in [0.717, 1.165) is 21.6 Å². The molecule has 2 aromatic heterocycles. The number of fused-ring (bicyclic) bond motifs is 1. The Morgan fingerprint density at radius 1 is 1.16 bits per heavy atom. The van der Waals surface area contributed by atoms with Crippen LogP contribution in [-0.2, 0) is 0 Å². The summed E-state index contributed by atoms with van der Waals surface area (Å²) in [6.07, 6.45) is 0. The van der Waals surface area contributed by atoms with E-state index in [4.69, 9.17) is 11.6 Å². The molecule has 0 radical (unpaired) electrons. The van der Waals surface area contributed by atoms with Crippen LogP contribution in [0.25, 0.3) is 21.3 Å². The van der Waals surface area contributed by atoms with E-state index in [1.807, 2.05) is 7.05 Å². The topological polar surface area (TPSA) is 37.8 Å². The third kappa shape index (κ3) is 2.17. The summed E-state index contributed by atoms with van der Waals surface area (Å²) in [7, 11) is 1.84. The minimum atomic E-state index is 0.272. The minimum absolute atomic E-state index is 0.272. The van der Waals surface area contributed by atoms with Crippen molar-refractivity contribution in [3.05, 3.63) is 40.5 Å². The molecule has 0 unspecified atom stereocenters. The lowest BCUT2D eigenvalue weighted by Crippen LogP contribution is -1.95. The number of nitrogens with one attached hydrogen (secondary N) is 1. The monoisotopic (exact) mass is 289 g/mol. The second kappa shape index (κ2) is 4.79. The Hall–Kier alpha value is -1.65. The number of anilines is 1. The van der Waals surface area contributed by atoms with Gasteiger partial charge in [0, 0.05) is 18.0 Å². The zero-order valence-electron chi connectivity index (χ0n) is 10.6. The predicted octanol–water partition coefficient (Wildman–Crippen LogP) is 4.36. The summed E-state index contributed by atoms with van der Waals surface area (Å²) in [4.78, 5) is 9.43. The molecule has 0 aliphatic heterocycles. The molecule has 0 aliphatic carbocycles. The Morgan fingerprint density at radius 3 is 2.58 bits per heavy atom. The fourth-order valence-electron chi connectivity index (χ4n) is 2.04. The summed E-state index contributed by atoms with van der Waals surface area (Å²) < 4.78 is 0. The van der Waals surface area contributed by atoms with Crippen LogP contribution in [0.4, 0.5) is 5.82 Å². The first kappa shape index (κ1) is 12.4. The van der Waals surface area contributed by atoms with Gasteiger partial charge in [-0.15, -0.1) is 11.3 Å². The van der Waals surface area contributed by atoms with Gasteiger partial charge in [0.2, 0.25) is 5.28 Å². The normalized spacial score (nSPS) is 10.9. The number of nitrogens with zero attached hydrogens (tertiary/aromatic N) is 2. The zero-order chi connectivity index (χ0) is 13.4. The summed E-state index contributed by atoms with van der Waals surface area (Å²) >= 11 is 7.50. The Bertz CT molecular complexity index is 734. The molecule has 0 amide bonds. The molecule has 3 nitrogen and oxygen atoms in total. The van der Waals surface area contributed by atoms with E-state index >= 15 is 0 Å². The highest BCUT2D eigenvalue weighted by molar-refractivity contribution is 7.17. The molecule has 0 bridgehead atoms. The van der Waals surface area contributed by atoms with Crippen LogP contribution < -0.4 is 5.32 Å². The number of benzene rings is 1. The van der Waals surface area contributed by atoms with Crippen molar-refractivity contribution in [3.63, 3.8) is 0 Å². The lowest BCUT2D eigenvalue weighted by Gasteiger charge is -2.05. The Morgan fingerprint density at radius 2 is 1.89 bits per heavy atom. The van der Waals surface area contributed by atoms with Crippen LogP contribution in [0.2, 0.25) is 5.28 Å². The molecule has 1 N–H and O–H groups in total. The van der Waals surface area contributed by atoms with Crippen molar-refractivity contribution in [1.29, 1.82) is 0 Å². The Labute approximate surface area is 120 Å². The molecule has 2 heterocycles. The molecule has 0 spiro atoms. The molecule has 5 heteroatoms. The van der Waals surface area contributed by atoms with Crippen molar-refractivity contribution in [1.82, 2.24) is 9.97 Å². The molecule has 0 fully saturated rings. The maximum absolute atomic E-state index is 5.92. The van der Waals surface area contributed by atoms with Crippen LogP contribution in [0.1, 0.15) is 5.56 Å². The third-order valence-corrected chi connectivity index (χ3v) is 4.05. The maximum Gasteiger partial charge on any atom is 0.225 e. The highest BCUT2D eigenvalue weighted by Gasteiger charge is 2.13. The molecular weight excluding hydrogens is 278 g/mol. The number of thiophene rings is 1. The number of rotatable bonds is 2. The molecule has 96 valence electrons. The minimum Gasteiger partial charge on any atom is -0.372 e. The molecule has 19 heavy (non-hydrogen) atoms. The molecule has 0 atom stereocenters. The SMILES string of the molecule is CNc1nc(Cl)nc2scc(-c3ccc(C)cc3)c12. The summed E-state index contributed by atoms with van der Waals surface area (Å²) in [5, 5.41) is 6.49. The number of hydrogen-bond donors (Lipinski definition) is 1. The highest BCUT2D eigenvalue weighted by atomic mass is 35.5. The van der Waals surface area contributed by atoms with Crippen LogP contribution in [0, 0.1) is 6.92 Å². The lowest BCUT2D eigenvalue weighted by molar-refractivity contribution is 1.22. The molecule has 0 saturated carbocycles. The van der Waals surface area contributed by atoms with Crippen LogP contribution in [0.3, 0.4) is 0 Å². The van der Waals surface area contributed by atoms with E-state index in [1.54, 1.807) is 11.3 Å². The van der Waals surface area contributed by atoms with Crippen LogP contribution in [0.15, 0.2) is 29.6 Å². The summed E-state index contributed by atoms with van der Waals surface area (Å²) in [5.41, 5.74) is 3.55. The second-order valence-corrected chi connectivity index (χ2v) is 5.48. The largest absolute Gasteiger partial charge is 0.372 e. The first-order valence-electron chi connectivity index (χ1n) is 5.88. The first-order valence-corrected chi connectivity index (χ1v) is 7.14. The molecule has 0 aliphatic rings. The average Bonchev–Trinajstić information content (AvgIpc) is 2.82. The summed E-state index contributed by atoms with van der Waals surface area (Å²) in [6, 6.07) is 8.44. The number of aromatic nitrogens is 2. The van der Waals surface area contributed by atoms with E-state index in [-0.39, 0.29) is 5.28 Å². The van der Waals surface area contributed by atoms with Gasteiger partial charge in [0.15, 0.2) is 0 Å². The zero-order valence-corrected chi connectivity index (χ0v) is 12.1. The highest BCUT2D eigenvalue weighted by Crippen LogP contribution is 2.37. The fraction of sp³-hybridized carbons (Fsp3) is 0.143. The van der Waals surface area contributed by atoms with Crippen molar-refractivity contribution in [2.75, 3.05) is 12.4 Å². The van der Waals surface area contributed by atoms with Crippen molar-refractivity contribution in [2.24, 2.45) is 0 Å². The van der Waals surface area contributed by atoms with Crippen molar-refractivity contribution >= 4 is 39.0 Å². The fourth-order valence-corrected chi connectivity index (χ4v) is 3.21. The van der Waals surface area contributed by atoms with Crippen molar-refractivity contribution in [3.8, 4) is 11.1 Å². The van der Waals surface area contributed by atoms with Gasteiger partial charge >= 0.3 is 0 Å². The van der Waals surface area contributed by atoms with E-state index < -0.39 is 0 Å². The summed E-state index contributed by atoms with van der Waals surface area (Å²) in [6.45, 7) is 2.08.